The third-order valence-corrected chi connectivity index (χ3v) is 5.89. The summed E-state index contributed by atoms with van der Waals surface area (Å²) in [5.41, 5.74) is 2.19. The number of halogens is 1. The standard InChI is InChI=1S/C27H33FN4O2/c1-4-7-11-20(5-2)27(34)31(6-3)19-26(33)29-25-18-24(21-12-9-8-10-13-21)30-32(25)23-16-14-22(28)15-17-23/h8-10,12-18,20H,4-7,11,19H2,1-3H3,(H,29,33). The summed E-state index contributed by atoms with van der Waals surface area (Å²) in [5.74, 6) is -0.247. The van der Waals surface area contributed by atoms with E-state index >= 15 is 0 Å². The number of amides is 2. The van der Waals surface area contributed by atoms with Crippen molar-refractivity contribution in [1.29, 1.82) is 0 Å². The molecule has 6 nitrogen and oxygen atoms in total. The molecule has 0 saturated carbocycles. The van der Waals surface area contributed by atoms with E-state index in [9.17, 15) is 14.0 Å². The number of nitrogens with zero attached hydrogens (tertiary/aromatic N) is 3. The van der Waals surface area contributed by atoms with Gasteiger partial charge in [0.1, 0.15) is 11.6 Å². The van der Waals surface area contributed by atoms with Gasteiger partial charge in [-0.3, -0.25) is 9.59 Å². The Balaban J connectivity index is 1.82. The van der Waals surface area contributed by atoms with Gasteiger partial charge in [0.15, 0.2) is 0 Å². The first-order valence-electron chi connectivity index (χ1n) is 12.0. The van der Waals surface area contributed by atoms with Gasteiger partial charge in [0.25, 0.3) is 0 Å². The predicted molar refractivity (Wildman–Crippen MR) is 133 cm³/mol. The SMILES string of the molecule is CCCCC(CC)C(=O)N(CC)CC(=O)Nc1cc(-c2ccccc2)nn1-c1ccc(F)cc1. The van der Waals surface area contributed by atoms with Gasteiger partial charge in [-0.2, -0.15) is 5.10 Å². The van der Waals surface area contributed by atoms with Crippen LogP contribution in [0.4, 0.5) is 10.2 Å². The zero-order valence-electron chi connectivity index (χ0n) is 20.1. The Kier molecular flexibility index (Phi) is 8.96. The molecule has 2 aromatic carbocycles. The fourth-order valence-electron chi connectivity index (χ4n) is 3.91. The Morgan fingerprint density at radius 2 is 1.76 bits per heavy atom. The number of anilines is 1. The average Bonchev–Trinajstić information content (AvgIpc) is 3.27. The maximum absolute atomic E-state index is 13.5. The molecule has 1 aromatic heterocycles. The van der Waals surface area contributed by atoms with Crippen LogP contribution in [0.5, 0.6) is 0 Å². The van der Waals surface area contributed by atoms with Gasteiger partial charge in [-0.15, -0.1) is 0 Å². The molecule has 0 radical (unpaired) electrons. The molecule has 34 heavy (non-hydrogen) atoms. The number of hydrogen-bond donors (Lipinski definition) is 1. The van der Waals surface area contributed by atoms with Gasteiger partial charge in [0.2, 0.25) is 11.8 Å². The van der Waals surface area contributed by atoms with E-state index < -0.39 is 0 Å². The van der Waals surface area contributed by atoms with Gasteiger partial charge in [-0.1, -0.05) is 57.0 Å². The zero-order valence-corrected chi connectivity index (χ0v) is 20.1. The van der Waals surface area contributed by atoms with E-state index in [-0.39, 0.29) is 30.1 Å². The van der Waals surface area contributed by atoms with E-state index in [1.807, 2.05) is 44.2 Å². The first-order valence-corrected chi connectivity index (χ1v) is 12.0. The zero-order chi connectivity index (χ0) is 24.5. The molecule has 3 rings (SSSR count). The molecule has 0 bridgehead atoms. The Morgan fingerprint density at radius 1 is 1.06 bits per heavy atom. The van der Waals surface area contributed by atoms with Crippen LogP contribution in [0.2, 0.25) is 0 Å². The molecule has 7 heteroatoms. The van der Waals surface area contributed by atoms with Crippen molar-refractivity contribution >= 4 is 17.6 Å². The van der Waals surface area contributed by atoms with Crippen LogP contribution in [0.1, 0.15) is 46.5 Å². The second kappa shape index (κ2) is 12.1. The monoisotopic (exact) mass is 464 g/mol. The fraction of sp³-hybridized carbons (Fsp3) is 0.370. The highest BCUT2D eigenvalue weighted by atomic mass is 19.1. The Labute approximate surface area is 200 Å². The first kappa shape index (κ1) is 25.1. The van der Waals surface area contributed by atoms with Crippen LogP contribution >= 0.6 is 0 Å². The van der Waals surface area contributed by atoms with Crippen LogP contribution in [0.15, 0.2) is 60.7 Å². The molecular formula is C27H33FN4O2. The smallest absolute Gasteiger partial charge is 0.245 e. The highest BCUT2D eigenvalue weighted by molar-refractivity contribution is 5.95. The lowest BCUT2D eigenvalue weighted by Gasteiger charge is -2.25. The number of benzene rings is 2. The summed E-state index contributed by atoms with van der Waals surface area (Å²) in [4.78, 5) is 27.6. The minimum atomic E-state index is -0.351. The molecule has 0 aliphatic rings. The van der Waals surface area contributed by atoms with Crippen LogP contribution in [-0.4, -0.2) is 39.6 Å². The normalized spacial score (nSPS) is 11.8. The van der Waals surface area contributed by atoms with Crippen molar-refractivity contribution in [2.24, 2.45) is 5.92 Å². The lowest BCUT2D eigenvalue weighted by atomic mass is 9.97. The minimum absolute atomic E-state index is 0.0191. The highest BCUT2D eigenvalue weighted by Gasteiger charge is 2.24. The van der Waals surface area contributed by atoms with Gasteiger partial charge >= 0.3 is 0 Å². The Hall–Kier alpha value is -3.48. The van der Waals surface area contributed by atoms with Crippen LogP contribution in [0.3, 0.4) is 0 Å². The molecule has 0 saturated heterocycles. The summed E-state index contributed by atoms with van der Waals surface area (Å²) >= 11 is 0. The number of unbranched alkanes of at least 4 members (excludes halogenated alkanes) is 1. The van der Waals surface area contributed by atoms with E-state index in [0.717, 1.165) is 31.2 Å². The molecule has 1 heterocycles. The number of aromatic nitrogens is 2. The molecule has 1 unspecified atom stereocenters. The van der Waals surface area contributed by atoms with E-state index in [0.29, 0.717) is 23.7 Å². The quantitative estimate of drug-likeness (QED) is 0.397. The van der Waals surface area contributed by atoms with Crippen LogP contribution < -0.4 is 5.32 Å². The van der Waals surface area contributed by atoms with Crippen LogP contribution in [-0.2, 0) is 9.59 Å². The summed E-state index contributed by atoms with van der Waals surface area (Å²) in [6.45, 7) is 6.43. The molecular weight excluding hydrogens is 431 g/mol. The fourth-order valence-corrected chi connectivity index (χ4v) is 3.91. The topological polar surface area (TPSA) is 67.2 Å². The number of carbonyl (C=O) groups is 2. The average molecular weight is 465 g/mol. The first-order chi connectivity index (χ1) is 16.5. The summed E-state index contributed by atoms with van der Waals surface area (Å²) in [5, 5.41) is 7.55. The molecule has 0 spiro atoms. The molecule has 0 aliphatic heterocycles. The predicted octanol–water partition coefficient (Wildman–Crippen LogP) is 5.68. The third-order valence-electron chi connectivity index (χ3n) is 5.89. The number of hydrogen-bond acceptors (Lipinski definition) is 3. The van der Waals surface area contributed by atoms with Crippen molar-refractivity contribution in [2.75, 3.05) is 18.4 Å². The largest absolute Gasteiger partial charge is 0.333 e. The molecule has 1 atom stereocenters. The van der Waals surface area contributed by atoms with Crippen molar-refractivity contribution < 1.29 is 14.0 Å². The van der Waals surface area contributed by atoms with Crippen molar-refractivity contribution in [3.63, 3.8) is 0 Å². The van der Waals surface area contributed by atoms with E-state index in [1.54, 1.807) is 27.8 Å². The van der Waals surface area contributed by atoms with Gasteiger partial charge < -0.3 is 10.2 Å². The molecule has 0 fully saturated rings. The van der Waals surface area contributed by atoms with E-state index in [1.165, 1.54) is 12.1 Å². The molecule has 1 N–H and O–H groups in total. The maximum Gasteiger partial charge on any atom is 0.245 e. The summed E-state index contributed by atoms with van der Waals surface area (Å²) in [6, 6.07) is 17.3. The lowest BCUT2D eigenvalue weighted by Crippen LogP contribution is -2.41. The number of likely N-dealkylation sites (N-methyl/N-ethyl adjacent to an activating group) is 1. The molecule has 2 amide bonds. The van der Waals surface area contributed by atoms with Crippen molar-refractivity contribution in [1.82, 2.24) is 14.7 Å². The van der Waals surface area contributed by atoms with Gasteiger partial charge in [-0.05, 0) is 44.0 Å². The highest BCUT2D eigenvalue weighted by Crippen LogP contribution is 2.25. The van der Waals surface area contributed by atoms with Crippen molar-refractivity contribution in [3.05, 3.63) is 66.5 Å². The summed E-state index contributed by atoms with van der Waals surface area (Å²) in [6.07, 6.45) is 3.62. The van der Waals surface area contributed by atoms with Gasteiger partial charge in [0.05, 0.1) is 17.9 Å². The van der Waals surface area contributed by atoms with Crippen LogP contribution in [0.25, 0.3) is 16.9 Å². The number of rotatable bonds is 11. The van der Waals surface area contributed by atoms with E-state index in [2.05, 4.69) is 17.3 Å². The second-order valence-electron chi connectivity index (χ2n) is 8.32. The maximum atomic E-state index is 13.5. The number of nitrogens with one attached hydrogen (secondary N) is 1. The Bertz CT molecular complexity index is 1080. The Morgan fingerprint density at radius 3 is 2.38 bits per heavy atom. The summed E-state index contributed by atoms with van der Waals surface area (Å²) in [7, 11) is 0. The van der Waals surface area contributed by atoms with Crippen molar-refractivity contribution in [3.8, 4) is 16.9 Å². The number of carbonyl (C=O) groups excluding carboxylic acids is 2. The third kappa shape index (κ3) is 6.31. The molecule has 3 aromatic rings. The summed E-state index contributed by atoms with van der Waals surface area (Å²) < 4.78 is 15.1. The molecule has 180 valence electrons. The van der Waals surface area contributed by atoms with Crippen LogP contribution in [0, 0.1) is 11.7 Å². The van der Waals surface area contributed by atoms with E-state index in [4.69, 9.17) is 0 Å². The minimum Gasteiger partial charge on any atom is -0.333 e. The van der Waals surface area contributed by atoms with Gasteiger partial charge in [-0.25, -0.2) is 9.07 Å². The van der Waals surface area contributed by atoms with Crippen molar-refractivity contribution in [2.45, 2.75) is 46.5 Å². The second-order valence-corrected chi connectivity index (χ2v) is 8.32. The lowest BCUT2D eigenvalue weighted by molar-refractivity contribution is -0.138. The molecule has 0 aliphatic carbocycles. The van der Waals surface area contributed by atoms with Gasteiger partial charge in [0, 0.05) is 24.1 Å².